The molecule has 1 amide bonds. The summed E-state index contributed by atoms with van der Waals surface area (Å²) in [4.78, 5) is 19.5. The van der Waals surface area contributed by atoms with Gasteiger partial charge in [0.05, 0.1) is 11.9 Å². The van der Waals surface area contributed by atoms with Crippen LogP contribution in [0.25, 0.3) is 0 Å². The van der Waals surface area contributed by atoms with Crippen LogP contribution in [0.1, 0.15) is 20.3 Å². The Labute approximate surface area is 117 Å². The molecule has 6 nitrogen and oxygen atoms in total. The normalized spacial score (nSPS) is 10.7. The molecule has 0 aromatic carbocycles. The summed E-state index contributed by atoms with van der Waals surface area (Å²) in [6.07, 6.45) is 4.11. The maximum Gasteiger partial charge on any atom is 0.230 e. The van der Waals surface area contributed by atoms with Gasteiger partial charge in [-0.05, 0) is 20.3 Å². The third-order valence-electron chi connectivity index (χ3n) is 2.13. The van der Waals surface area contributed by atoms with Gasteiger partial charge >= 0.3 is 0 Å². The second-order valence-electron chi connectivity index (χ2n) is 4.16. The highest BCUT2D eigenvalue weighted by molar-refractivity contribution is 8.00. The topological polar surface area (TPSA) is 90.1 Å². The van der Waals surface area contributed by atoms with Crippen LogP contribution in [0.4, 0.5) is 5.82 Å². The van der Waals surface area contributed by atoms with Crippen LogP contribution < -0.4 is 11.1 Å². The second kappa shape index (κ2) is 8.71. The molecular weight excluding hydrogens is 264 g/mol. The molecule has 1 aromatic heterocycles. The van der Waals surface area contributed by atoms with Crippen LogP contribution in [0, 0.1) is 0 Å². The van der Waals surface area contributed by atoms with E-state index in [1.54, 1.807) is 6.20 Å². The van der Waals surface area contributed by atoms with E-state index in [0.29, 0.717) is 24.0 Å². The number of hydrogen-bond donors (Lipinski definition) is 2. The summed E-state index contributed by atoms with van der Waals surface area (Å²) in [5.74, 6) is 0.596. The van der Waals surface area contributed by atoms with Crippen molar-refractivity contribution in [2.75, 3.05) is 24.6 Å². The van der Waals surface area contributed by atoms with Crippen molar-refractivity contribution in [1.29, 1.82) is 0 Å². The number of thioether (sulfide) groups is 1. The number of nitrogens with one attached hydrogen (secondary N) is 1. The first-order valence-electron chi connectivity index (χ1n) is 6.17. The van der Waals surface area contributed by atoms with E-state index in [1.165, 1.54) is 18.0 Å². The quantitative estimate of drug-likeness (QED) is 0.548. The van der Waals surface area contributed by atoms with Gasteiger partial charge in [0.15, 0.2) is 5.82 Å². The maximum atomic E-state index is 11.6. The summed E-state index contributed by atoms with van der Waals surface area (Å²) in [5, 5.41) is 3.40. The van der Waals surface area contributed by atoms with Crippen LogP contribution in [0.5, 0.6) is 0 Å². The molecule has 0 saturated carbocycles. The third kappa shape index (κ3) is 6.97. The fourth-order valence-corrected chi connectivity index (χ4v) is 1.96. The minimum Gasteiger partial charge on any atom is -0.381 e. The van der Waals surface area contributed by atoms with Crippen LogP contribution >= 0.6 is 11.8 Å². The number of rotatable bonds is 8. The summed E-state index contributed by atoms with van der Waals surface area (Å²) in [7, 11) is 0. The Hall–Kier alpha value is -1.34. The van der Waals surface area contributed by atoms with E-state index in [0.717, 1.165) is 6.42 Å². The van der Waals surface area contributed by atoms with Gasteiger partial charge in [0.2, 0.25) is 5.91 Å². The lowest BCUT2D eigenvalue weighted by molar-refractivity contribution is -0.118. The molecule has 0 spiro atoms. The SMILES string of the molecule is CC(C)OCCCNC(=O)CSc1nccnc1N. The lowest BCUT2D eigenvalue weighted by Gasteiger charge is -2.08. The molecule has 0 fully saturated rings. The smallest absolute Gasteiger partial charge is 0.230 e. The van der Waals surface area contributed by atoms with Gasteiger partial charge in [-0.1, -0.05) is 11.8 Å². The standard InChI is InChI=1S/C12H20N4O2S/c1-9(2)18-7-3-4-14-10(17)8-19-12-11(13)15-5-6-16-12/h5-6,9H,3-4,7-8H2,1-2H3,(H2,13,15)(H,14,17). The Bertz CT molecular complexity index is 401. The number of carbonyl (C=O) groups is 1. The number of nitrogen functional groups attached to an aromatic ring is 1. The number of aromatic nitrogens is 2. The number of nitrogens with two attached hydrogens (primary N) is 1. The van der Waals surface area contributed by atoms with Crippen molar-refractivity contribution in [3.8, 4) is 0 Å². The van der Waals surface area contributed by atoms with Crippen molar-refractivity contribution in [3.05, 3.63) is 12.4 Å². The van der Waals surface area contributed by atoms with Crippen molar-refractivity contribution in [2.24, 2.45) is 0 Å². The third-order valence-corrected chi connectivity index (χ3v) is 3.12. The van der Waals surface area contributed by atoms with Crippen molar-refractivity contribution < 1.29 is 9.53 Å². The molecule has 19 heavy (non-hydrogen) atoms. The number of carbonyl (C=O) groups excluding carboxylic acids is 1. The lowest BCUT2D eigenvalue weighted by atomic mass is 10.4. The molecular formula is C12H20N4O2S. The zero-order chi connectivity index (χ0) is 14.1. The molecule has 0 aliphatic rings. The molecule has 1 heterocycles. The van der Waals surface area contributed by atoms with Gasteiger partial charge in [-0.3, -0.25) is 4.79 Å². The van der Waals surface area contributed by atoms with Gasteiger partial charge in [0, 0.05) is 25.5 Å². The highest BCUT2D eigenvalue weighted by Gasteiger charge is 2.06. The van der Waals surface area contributed by atoms with E-state index < -0.39 is 0 Å². The number of ether oxygens (including phenoxy) is 1. The van der Waals surface area contributed by atoms with Crippen molar-refractivity contribution in [2.45, 2.75) is 31.4 Å². The van der Waals surface area contributed by atoms with Gasteiger partial charge in [-0.15, -0.1) is 0 Å². The van der Waals surface area contributed by atoms with E-state index >= 15 is 0 Å². The molecule has 3 N–H and O–H groups in total. The van der Waals surface area contributed by atoms with Gasteiger partial charge in [-0.2, -0.15) is 0 Å². The average Bonchev–Trinajstić information content (AvgIpc) is 2.37. The first-order valence-corrected chi connectivity index (χ1v) is 7.15. The molecule has 0 aliphatic carbocycles. The molecule has 0 bridgehead atoms. The fraction of sp³-hybridized carbons (Fsp3) is 0.583. The number of amides is 1. The van der Waals surface area contributed by atoms with Gasteiger partial charge < -0.3 is 15.8 Å². The van der Waals surface area contributed by atoms with E-state index in [-0.39, 0.29) is 17.8 Å². The molecule has 0 atom stereocenters. The highest BCUT2D eigenvalue weighted by atomic mass is 32.2. The first-order chi connectivity index (χ1) is 9.09. The summed E-state index contributed by atoms with van der Waals surface area (Å²) in [6.45, 7) is 5.24. The molecule has 0 aliphatic heterocycles. The Morgan fingerprint density at radius 1 is 1.47 bits per heavy atom. The predicted octanol–water partition coefficient (Wildman–Crippen LogP) is 1.08. The molecule has 106 valence electrons. The number of hydrogen-bond acceptors (Lipinski definition) is 6. The summed E-state index contributed by atoms with van der Waals surface area (Å²) in [6, 6.07) is 0. The van der Waals surface area contributed by atoms with Gasteiger partial charge in [-0.25, -0.2) is 9.97 Å². The second-order valence-corrected chi connectivity index (χ2v) is 5.12. The molecule has 7 heteroatoms. The Balaban J connectivity index is 2.13. The van der Waals surface area contributed by atoms with Gasteiger partial charge in [0.1, 0.15) is 5.03 Å². The maximum absolute atomic E-state index is 11.6. The predicted molar refractivity (Wildman–Crippen MR) is 75.9 cm³/mol. The monoisotopic (exact) mass is 284 g/mol. The summed E-state index contributed by atoms with van der Waals surface area (Å²) >= 11 is 1.28. The molecule has 0 unspecified atom stereocenters. The van der Waals surface area contributed by atoms with E-state index in [9.17, 15) is 4.79 Å². The lowest BCUT2D eigenvalue weighted by Crippen LogP contribution is -2.27. The van der Waals surface area contributed by atoms with Crippen molar-refractivity contribution in [1.82, 2.24) is 15.3 Å². The average molecular weight is 284 g/mol. The van der Waals surface area contributed by atoms with Crippen LogP contribution in [-0.4, -0.2) is 40.9 Å². The van der Waals surface area contributed by atoms with Crippen LogP contribution in [0.15, 0.2) is 17.4 Å². The Morgan fingerprint density at radius 3 is 2.89 bits per heavy atom. The zero-order valence-electron chi connectivity index (χ0n) is 11.3. The number of nitrogens with zero attached hydrogens (tertiary/aromatic N) is 2. The molecule has 1 aromatic rings. The minimum absolute atomic E-state index is 0.0420. The summed E-state index contributed by atoms with van der Waals surface area (Å²) in [5.41, 5.74) is 5.63. The molecule has 1 rings (SSSR count). The van der Waals surface area contributed by atoms with Crippen molar-refractivity contribution >= 4 is 23.5 Å². The Morgan fingerprint density at radius 2 is 2.21 bits per heavy atom. The Kier molecular flexibility index (Phi) is 7.20. The van der Waals surface area contributed by atoms with E-state index in [2.05, 4.69) is 15.3 Å². The van der Waals surface area contributed by atoms with Crippen LogP contribution in [0.3, 0.4) is 0 Å². The van der Waals surface area contributed by atoms with Crippen LogP contribution in [-0.2, 0) is 9.53 Å². The zero-order valence-corrected chi connectivity index (χ0v) is 12.1. The highest BCUT2D eigenvalue weighted by Crippen LogP contribution is 2.18. The largest absolute Gasteiger partial charge is 0.381 e. The molecule has 0 saturated heterocycles. The number of anilines is 1. The molecule has 0 radical (unpaired) electrons. The first kappa shape index (κ1) is 15.7. The van der Waals surface area contributed by atoms with Crippen molar-refractivity contribution in [3.63, 3.8) is 0 Å². The fourth-order valence-electron chi connectivity index (χ4n) is 1.25. The van der Waals surface area contributed by atoms with E-state index in [1.807, 2.05) is 13.8 Å². The van der Waals surface area contributed by atoms with Gasteiger partial charge in [0.25, 0.3) is 0 Å². The van der Waals surface area contributed by atoms with E-state index in [4.69, 9.17) is 10.5 Å². The summed E-state index contributed by atoms with van der Waals surface area (Å²) < 4.78 is 5.38. The van der Waals surface area contributed by atoms with Crippen LogP contribution in [0.2, 0.25) is 0 Å². The minimum atomic E-state index is -0.0420.